The van der Waals surface area contributed by atoms with Gasteiger partial charge in [-0.15, -0.1) is 0 Å². The summed E-state index contributed by atoms with van der Waals surface area (Å²) in [4.78, 5) is 4.90. The van der Waals surface area contributed by atoms with Crippen LogP contribution in [-0.2, 0) is 0 Å². The summed E-state index contributed by atoms with van der Waals surface area (Å²) in [5.41, 5.74) is 7.75. The predicted molar refractivity (Wildman–Crippen MR) is 85.7 cm³/mol. The highest BCUT2D eigenvalue weighted by molar-refractivity contribution is 5.20. The van der Waals surface area contributed by atoms with E-state index < -0.39 is 0 Å². The quantitative estimate of drug-likeness (QED) is 0.865. The van der Waals surface area contributed by atoms with E-state index >= 15 is 0 Å². The van der Waals surface area contributed by atoms with Gasteiger partial charge in [0.2, 0.25) is 0 Å². The van der Waals surface area contributed by atoms with Crippen LogP contribution in [0.3, 0.4) is 0 Å². The summed E-state index contributed by atoms with van der Waals surface area (Å²) in [6.45, 7) is 5.86. The van der Waals surface area contributed by atoms with Gasteiger partial charge in [0.1, 0.15) is 0 Å². The van der Waals surface area contributed by atoms with Crippen molar-refractivity contribution >= 4 is 0 Å². The van der Waals surface area contributed by atoms with Crippen LogP contribution < -0.4 is 5.73 Å². The van der Waals surface area contributed by atoms with Gasteiger partial charge in [-0.25, -0.2) is 0 Å². The Kier molecular flexibility index (Phi) is 5.58. The number of likely N-dealkylation sites (tertiary alicyclic amines) is 1. The second-order valence-electron chi connectivity index (χ2n) is 6.27. The van der Waals surface area contributed by atoms with E-state index in [-0.39, 0.29) is 6.04 Å². The molecule has 3 nitrogen and oxygen atoms in total. The lowest BCUT2D eigenvalue weighted by molar-refractivity contribution is 0.177. The van der Waals surface area contributed by atoms with E-state index in [0.29, 0.717) is 6.04 Å². The SMILES string of the molecule is CCC(C(N)c1ccccc1)N(C)CC1CCN(C)C1. The molecule has 3 unspecified atom stereocenters. The molecule has 0 radical (unpaired) electrons. The zero-order valence-electron chi connectivity index (χ0n) is 13.1. The lowest BCUT2D eigenvalue weighted by Gasteiger charge is -2.34. The normalized spacial score (nSPS) is 23.1. The van der Waals surface area contributed by atoms with E-state index in [1.165, 1.54) is 25.1 Å². The molecule has 112 valence electrons. The first-order valence-corrected chi connectivity index (χ1v) is 7.81. The van der Waals surface area contributed by atoms with Crippen molar-refractivity contribution in [2.75, 3.05) is 33.7 Å². The second-order valence-corrected chi connectivity index (χ2v) is 6.27. The van der Waals surface area contributed by atoms with Crippen molar-refractivity contribution in [3.63, 3.8) is 0 Å². The molecule has 1 heterocycles. The topological polar surface area (TPSA) is 32.5 Å². The average Bonchev–Trinajstić information content (AvgIpc) is 2.85. The number of hydrogen-bond donors (Lipinski definition) is 1. The molecule has 1 fully saturated rings. The van der Waals surface area contributed by atoms with E-state index in [4.69, 9.17) is 5.73 Å². The number of nitrogens with two attached hydrogens (primary N) is 1. The molecule has 0 spiro atoms. The Bertz CT molecular complexity index is 392. The van der Waals surface area contributed by atoms with Crippen LogP contribution in [0.1, 0.15) is 31.4 Å². The summed E-state index contributed by atoms with van der Waals surface area (Å²) in [5, 5.41) is 0. The number of benzene rings is 1. The molecule has 0 aromatic heterocycles. The zero-order chi connectivity index (χ0) is 14.5. The van der Waals surface area contributed by atoms with Crippen molar-refractivity contribution in [1.82, 2.24) is 9.80 Å². The van der Waals surface area contributed by atoms with Crippen molar-refractivity contribution in [2.24, 2.45) is 11.7 Å². The molecule has 1 aliphatic heterocycles. The van der Waals surface area contributed by atoms with Gasteiger partial charge in [0.15, 0.2) is 0 Å². The number of nitrogens with zero attached hydrogens (tertiary/aromatic N) is 2. The van der Waals surface area contributed by atoms with Crippen LogP contribution in [0.15, 0.2) is 30.3 Å². The average molecular weight is 275 g/mol. The molecule has 1 aliphatic rings. The van der Waals surface area contributed by atoms with Gasteiger partial charge in [0, 0.05) is 25.2 Å². The van der Waals surface area contributed by atoms with Crippen LogP contribution in [0.5, 0.6) is 0 Å². The van der Waals surface area contributed by atoms with Crippen molar-refractivity contribution in [3.05, 3.63) is 35.9 Å². The maximum Gasteiger partial charge on any atom is 0.0452 e. The first kappa shape index (κ1) is 15.5. The van der Waals surface area contributed by atoms with Crippen molar-refractivity contribution in [2.45, 2.75) is 31.8 Å². The van der Waals surface area contributed by atoms with E-state index in [0.717, 1.165) is 18.9 Å². The molecule has 3 heteroatoms. The van der Waals surface area contributed by atoms with Gasteiger partial charge in [0.05, 0.1) is 0 Å². The maximum absolute atomic E-state index is 6.50. The molecule has 2 N–H and O–H groups in total. The third-order valence-corrected chi connectivity index (χ3v) is 4.62. The minimum atomic E-state index is 0.102. The van der Waals surface area contributed by atoms with E-state index in [1.54, 1.807) is 0 Å². The minimum absolute atomic E-state index is 0.102. The monoisotopic (exact) mass is 275 g/mol. The molecule has 1 saturated heterocycles. The summed E-state index contributed by atoms with van der Waals surface area (Å²) < 4.78 is 0. The molecule has 3 atom stereocenters. The fourth-order valence-corrected chi connectivity index (χ4v) is 3.46. The Morgan fingerprint density at radius 1 is 1.35 bits per heavy atom. The Labute approximate surface area is 123 Å². The first-order valence-electron chi connectivity index (χ1n) is 7.81. The summed E-state index contributed by atoms with van der Waals surface area (Å²) in [7, 11) is 4.45. The largest absolute Gasteiger partial charge is 0.323 e. The Hall–Kier alpha value is -0.900. The Morgan fingerprint density at radius 2 is 2.05 bits per heavy atom. The Morgan fingerprint density at radius 3 is 2.60 bits per heavy atom. The highest BCUT2D eigenvalue weighted by Gasteiger charge is 2.26. The highest BCUT2D eigenvalue weighted by atomic mass is 15.2. The lowest BCUT2D eigenvalue weighted by atomic mass is 9.96. The van der Waals surface area contributed by atoms with Gasteiger partial charge in [-0.2, -0.15) is 0 Å². The smallest absolute Gasteiger partial charge is 0.0452 e. The summed E-state index contributed by atoms with van der Waals surface area (Å²) in [6, 6.07) is 11.0. The van der Waals surface area contributed by atoms with Crippen LogP contribution in [-0.4, -0.2) is 49.6 Å². The molecule has 0 aliphatic carbocycles. The third kappa shape index (κ3) is 3.81. The first-order chi connectivity index (χ1) is 9.61. The zero-order valence-corrected chi connectivity index (χ0v) is 13.1. The van der Waals surface area contributed by atoms with Gasteiger partial charge in [0.25, 0.3) is 0 Å². The van der Waals surface area contributed by atoms with Crippen LogP contribution in [0.4, 0.5) is 0 Å². The van der Waals surface area contributed by atoms with Gasteiger partial charge < -0.3 is 15.5 Å². The van der Waals surface area contributed by atoms with Crippen molar-refractivity contribution < 1.29 is 0 Å². The lowest BCUT2D eigenvalue weighted by Crippen LogP contribution is -2.42. The van der Waals surface area contributed by atoms with E-state index in [2.05, 4.69) is 61.2 Å². The third-order valence-electron chi connectivity index (χ3n) is 4.62. The maximum atomic E-state index is 6.50. The molecule has 0 amide bonds. The van der Waals surface area contributed by atoms with Crippen molar-refractivity contribution in [1.29, 1.82) is 0 Å². The predicted octanol–water partition coefficient (Wildman–Crippen LogP) is 2.35. The Balaban J connectivity index is 1.96. The molecule has 20 heavy (non-hydrogen) atoms. The molecule has 0 bridgehead atoms. The fourth-order valence-electron chi connectivity index (χ4n) is 3.46. The van der Waals surface area contributed by atoms with Crippen LogP contribution in [0.25, 0.3) is 0 Å². The summed E-state index contributed by atoms with van der Waals surface area (Å²) in [6.07, 6.45) is 2.41. The molecule has 1 aromatic rings. The highest BCUT2D eigenvalue weighted by Crippen LogP contribution is 2.23. The summed E-state index contributed by atoms with van der Waals surface area (Å²) >= 11 is 0. The molecular weight excluding hydrogens is 246 g/mol. The number of hydrogen-bond acceptors (Lipinski definition) is 3. The van der Waals surface area contributed by atoms with E-state index in [1.807, 2.05) is 0 Å². The standard InChI is InChI=1S/C17H29N3/c1-4-16(17(18)15-8-6-5-7-9-15)20(3)13-14-10-11-19(2)12-14/h5-9,14,16-17H,4,10-13,18H2,1-3H3. The van der Waals surface area contributed by atoms with Gasteiger partial charge >= 0.3 is 0 Å². The molecule has 0 saturated carbocycles. The summed E-state index contributed by atoms with van der Waals surface area (Å²) in [5.74, 6) is 0.794. The van der Waals surface area contributed by atoms with Crippen molar-refractivity contribution in [3.8, 4) is 0 Å². The minimum Gasteiger partial charge on any atom is -0.323 e. The fraction of sp³-hybridized carbons (Fsp3) is 0.647. The van der Waals surface area contributed by atoms with Gasteiger partial charge in [-0.1, -0.05) is 37.3 Å². The number of likely N-dealkylation sites (N-methyl/N-ethyl adjacent to an activating group) is 1. The van der Waals surface area contributed by atoms with Crippen LogP contribution in [0.2, 0.25) is 0 Å². The van der Waals surface area contributed by atoms with Gasteiger partial charge in [-0.3, -0.25) is 0 Å². The van der Waals surface area contributed by atoms with E-state index in [9.17, 15) is 0 Å². The van der Waals surface area contributed by atoms with Crippen LogP contribution >= 0.6 is 0 Å². The number of rotatable bonds is 6. The molecule has 1 aromatic carbocycles. The molecule has 2 rings (SSSR count). The molecular formula is C17H29N3. The van der Waals surface area contributed by atoms with Crippen LogP contribution in [0, 0.1) is 5.92 Å². The second kappa shape index (κ2) is 7.21. The van der Waals surface area contributed by atoms with Gasteiger partial charge in [-0.05, 0) is 45.0 Å².